The second-order valence-electron chi connectivity index (χ2n) is 6.10. The van der Waals surface area contributed by atoms with Crippen LogP contribution in [0, 0.1) is 18.3 Å². The van der Waals surface area contributed by atoms with E-state index in [2.05, 4.69) is 26.8 Å². The number of hydrogen-bond acceptors (Lipinski definition) is 5. The van der Waals surface area contributed by atoms with Crippen molar-refractivity contribution in [1.29, 1.82) is 5.26 Å². The summed E-state index contributed by atoms with van der Waals surface area (Å²) in [7, 11) is 0. The van der Waals surface area contributed by atoms with E-state index < -0.39 is 0 Å². The van der Waals surface area contributed by atoms with Gasteiger partial charge in [-0.15, -0.1) is 0 Å². The number of aryl methyl sites for hydroxylation is 1. The van der Waals surface area contributed by atoms with E-state index in [0.29, 0.717) is 30.1 Å². The molecule has 2 N–H and O–H groups in total. The summed E-state index contributed by atoms with van der Waals surface area (Å²) in [6.07, 6.45) is 2.42. The minimum Gasteiger partial charge on any atom is -0.340 e. The number of anilines is 3. The van der Waals surface area contributed by atoms with Gasteiger partial charge in [-0.05, 0) is 31.5 Å². The summed E-state index contributed by atoms with van der Waals surface area (Å²) in [5.74, 6) is 0.703. The van der Waals surface area contributed by atoms with E-state index in [4.69, 9.17) is 0 Å². The first-order valence-corrected chi connectivity index (χ1v) is 8.33. The third kappa shape index (κ3) is 2.80. The minimum atomic E-state index is -0.0821. The molecule has 1 aromatic carbocycles. The van der Waals surface area contributed by atoms with Gasteiger partial charge < -0.3 is 10.6 Å². The highest BCUT2D eigenvalue weighted by molar-refractivity contribution is 5.93. The molecule has 1 saturated heterocycles. The molecule has 0 saturated carbocycles. The highest BCUT2D eigenvalue weighted by Gasteiger charge is 2.19. The molecule has 3 heterocycles. The normalized spacial score (nSPS) is 14.2. The number of fused-ring (bicyclic) bond motifs is 1. The lowest BCUT2D eigenvalue weighted by Crippen LogP contribution is -2.46. The molecule has 0 spiro atoms. The maximum atomic E-state index is 12.1. The molecule has 8 heteroatoms. The predicted molar refractivity (Wildman–Crippen MR) is 97.5 cm³/mol. The monoisotopic (exact) mass is 347 g/mol. The van der Waals surface area contributed by atoms with Gasteiger partial charge >= 0.3 is 6.03 Å². The number of urea groups is 1. The lowest BCUT2D eigenvalue weighted by Gasteiger charge is -2.27. The van der Waals surface area contributed by atoms with Crippen molar-refractivity contribution in [3.63, 3.8) is 0 Å². The number of nitriles is 1. The molecular weight excluding hydrogens is 330 g/mol. The molecule has 130 valence electrons. The highest BCUT2D eigenvalue weighted by Crippen LogP contribution is 2.25. The van der Waals surface area contributed by atoms with Gasteiger partial charge in [0, 0.05) is 36.2 Å². The molecule has 26 heavy (non-hydrogen) atoms. The molecule has 1 fully saturated rings. The fourth-order valence-electron chi connectivity index (χ4n) is 3.03. The van der Waals surface area contributed by atoms with Crippen molar-refractivity contribution in [3.8, 4) is 6.07 Å². The number of nitrogens with zero attached hydrogens (tertiary/aromatic N) is 5. The van der Waals surface area contributed by atoms with Crippen LogP contribution < -0.4 is 15.5 Å². The average Bonchev–Trinajstić information content (AvgIpc) is 3.05. The number of amides is 2. The molecular formula is C18H17N7O. The number of hydrogen-bond donors (Lipinski definition) is 2. The maximum Gasteiger partial charge on any atom is 0.321 e. The van der Waals surface area contributed by atoms with Crippen molar-refractivity contribution >= 4 is 28.9 Å². The molecule has 1 aliphatic heterocycles. The van der Waals surface area contributed by atoms with Gasteiger partial charge in [0.2, 0.25) is 0 Å². The van der Waals surface area contributed by atoms with Gasteiger partial charge in [-0.3, -0.25) is 4.90 Å². The third-order valence-electron chi connectivity index (χ3n) is 4.23. The Hall–Kier alpha value is -3.60. The number of aromatic nitrogens is 3. The fraction of sp³-hybridized carbons (Fsp3) is 0.222. The van der Waals surface area contributed by atoms with Crippen molar-refractivity contribution in [1.82, 2.24) is 19.9 Å². The molecule has 0 unspecified atom stereocenters. The van der Waals surface area contributed by atoms with E-state index in [1.54, 1.807) is 9.42 Å². The highest BCUT2D eigenvalue weighted by atomic mass is 16.2. The zero-order valence-electron chi connectivity index (χ0n) is 14.2. The minimum absolute atomic E-state index is 0.0821. The second-order valence-corrected chi connectivity index (χ2v) is 6.10. The summed E-state index contributed by atoms with van der Waals surface area (Å²) in [5, 5.41) is 19.6. The Labute approximate surface area is 150 Å². The summed E-state index contributed by atoms with van der Waals surface area (Å²) in [5.41, 5.74) is 3.37. The Morgan fingerprint density at radius 1 is 1.35 bits per heavy atom. The van der Waals surface area contributed by atoms with Crippen LogP contribution in [-0.2, 0) is 0 Å². The number of rotatable bonds is 3. The first-order valence-electron chi connectivity index (χ1n) is 8.33. The quantitative estimate of drug-likeness (QED) is 0.759. The molecule has 2 amide bonds. The molecule has 8 nitrogen and oxygen atoms in total. The summed E-state index contributed by atoms with van der Waals surface area (Å²) in [6.45, 7) is 3.27. The summed E-state index contributed by atoms with van der Waals surface area (Å²) >= 11 is 0. The Morgan fingerprint density at radius 3 is 3.04 bits per heavy atom. The molecule has 4 rings (SSSR count). The molecule has 1 aliphatic rings. The fourth-order valence-corrected chi connectivity index (χ4v) is 3.03. The Morgan fingerprint density at radius 2 is 2.23 bits per heavy atom. The molecule has 3 aromatic rings. The van der Waals surface area contributed by atoms with Gasteiger partial charge in [0.25, 0.3) is 0 Å². The first-order chi connectivity index (χ1) is 12.7. The van der Waals surface area contributed by atoms with Gasteiger partial charge in [0.05, 0.1) is 6.20 Å². The van der Waals surface area contributed by atoms with Crippen LogP contribution in [0.5, 0.6) is 0 Å². The van der Waals surface area contributed by atoms with Crippen LogP contribution in [0.15, 0.2) is 36.5 Å². The van der Waals surface area contributed by atoms with Crippen LogP contribution in [-0.4, -0.2) is 33.7 Å². The van der Waals surface area contributed by atoms with E-state index in [0.717, 1.165) is 23.5 Å². The maximum absolute atomic E-state index is 12.1. The van der Waals surface area contributed by atoms with E-state index in [1.165, 1.54) is 6.20 Å². The van der Waals surface area contributed by atoms with Crippen molar-refractivity contribution < 1.29 is 4.79 Å². The molecule has 2 aromatic heterocycles. The third-order valence-corrected chi connectivity index (χ3v) is 4.23. The summed E-state index contributed by atoms with van der Waals surface area (Å²) in [4.78, 5) is 18.2. The second kappa shape index (κ2) is 6.37. The number of carbonyl (C=O) groups is 1. The van der Waals surface area contributed by atoms with Crippen LogP contribution >= 0.6 is 0 Å². The Bertz CT molecular complexity index is 1030. The lowest BCUT2D eigenvalue weighted by atomic mass is 10.2. The number of benzene rings is 1. The van der Waals surface area contributed by atoms with Crippen molar-refractivity contribution in [2.24, 2.45) is 0 Å². The van der Waals surface area contributed by atoms with Crippen molar-refractivity contribution in [2.45, 2.75) is 13.3 Å². The molecule has 0 aliphatic carbocycles. The van der Waals surface area contributed by atoms with Crippen LogP contribution in [0.3, 0.4) is 0 Å². The SMILES string of the molecule is Cc1cc(Nc2cccc(N3CCCNC3=O)c2)n2ncc(C#N)c2n1. The largest absolute Gasteiger partial charge is 0.340 e. The molecule has 0 atom stereocenters. The van der Waals surface area contributed by atoms with Crippen LogP contribution in [0.2, 0.25) is 0 Å². The van der Waals surface area contributed by atoms with Crippen LogP contribution in [0.25, 0.3) is 5.65 Å². The summed E-state index contributed by atoms with van der Waals surface area (Å²) in [6, 6.07) is 11.5. The zero-order valence-corrected chi connectivity index (χ0v) is 14.2. The van der Waals surface area contributed by atoms with Crippen molar-refractivity contribution in [2.75, 3.05) is 23.3 Å². The predicted octanol–water partition coefficient (Wildman–Crippen LogP) is 2.57. The van der Waals surface area contributed by atoms with Crippen LogP contribution in [0.4, 0.5) is 22.0 Å². The van der Waals surface area contributed by atoms with E-state index >= 15 is 0 Å². The van der Waals surface area contributed by atoms with E-state index in [-0.39, 0.29) is 6.03 Å². The lowest BCUT2D eigenvalue weighted by molar-refractivity contribution is 0.243. The zero-order chi connectivity index (χ0) is 18.1. The van der Waals surface area contributed by atoms with Gasteiger partial charge in [-0.25, -0.2) is 9.78 Å². The Kier molecular flexibility index (Phi) is 3.89. The number of nitrogens with one attached hydrogen (secondary N) is 2. The number of carbonyl (C=O) groups excluding carboxylic acids is 1. The molecule has 0 radical (unpaired) electrons. The van der Waals surface area contributed by atoms with Gasteiger partial charge in [0.15, 0.2) is 5.65 Å². The standard InChI is InChI=1S/C18H17N7O/c1-12-8-16(25-17(22-12)13(10-19)11-21-25)23-14-4-2-5-15(9-14)24-7-3-6-20-18(24)26/h2,4-5,8-9,11,23H,3,6-7H2,1H3,(H,20,26). The summed E-state index contributed by atoms with van der Waals surface area (Å²) < 4.78 is 1.60. The topological polar surface area (TPSA) is 98.4 Å². The van der Waals surface area contributed by atoms with Gasteiger partial charge in [0.1, 0.15) is 17.5 Å². The first kappa shape index (κ1) is 15.9. The smallest absolute Gasteiger partial charge is 0.321 e. The van der Waals surface area contributed by atoms with Gasteiger partial charge in [-0.1, -0.05) is 6.07 Å². The van der Waals surface area contributed by atoms with E-state index in [9.17, 15) is 10.1 Å². The van der Waals surface area contributed by atoms with Gasteiger partial charge in [-0.2, -0.15) is 14.9 Å². The van der Waals surface area contributed by atoms with Crippen molar-refractivity contribution in [3.05, 3.63) is 47.8 Å². The van der Waals surface area contributed by atoms with E-state index in [1.807, 2.05) is 37.3 Å². The molecule has 0 bridgehead atoms. The van der Waals surface area contributed by atoms with Crippen LogP contribution in [0.1, 0.15) is 17.7 Å². The Balaban J connectivity index is 1.69. The average molecular weight is 347 g/mol.